The number of tetrazole rings is 1. The van der Waals surface area contributed by atoms with E-state index in [-0.39, 0.29) is 5.56 Å². The van der Waals surface area contributed by atoms with Crippen molar-refractivity contribution in [2.75, 3.05) is 11.5 Å². The third-order valence-electron chi connectivity index (χ3n) is 2.36. The van der Waals surface area contributed by atoms with E-state index < -0.39 is 0 Å². The van der Waals surface area contributed by atoms with Gasteiger partial charge in [-0.3, -0.25) is 4.79 Å². The fraction of sp³-hybridized carbons (Fsp3) is 0.400. The van der Waals surface area contributed by atoms with Crippen LogP contribution in [0, 0.1) is 0 Å². The number of hydrogen-bond acceptors (Lipinski definition) is 6. The van der Waals surface area contributed by atoms with Crippen LogP contribution in [0.1, 0.15) is 6.42 Å². The Balaban J connectivity index is 1.84. The van der Waals surface area contributed by atoms with Crippen LogP contribution in [0.5, 0.6) is 0 Å². The summed E-state index contributed by atoms with van der Waals surface area (Å²) in [6.45, 7) is 0.641. The van der Waals surface area contributed by atoms with E-state index in [1.54, 1.807) is 40.3 Å². The van der Waals surface area contributed by atoms with E-state index in [0.29, 0.717) is 12.2 Å². The summed E-state index contributed by atoms with van der Waals surface area (Å²) >= 11 is 1.56. The maximum absolute atomic E-state index is 11.5. The van der Waals surface area contributed by atoms with E-state index in [9.17, 15) is 4.79 Å². The third-order valence-corrected chi connectivity index (χ3v) is 3.46. The number of anilines is 1. The Morgan fingerprint density at radius 1 is 1.44 bits per heavy atom. The smallest absolute Gasteiger partial charge is 0.250 e. The zero-order valence-electron chi connectivity index (χ0n) is 9.98. The molecule has 0 amide bonds. The Kier molecular flexibility index (Phi) is 3.98. The molecule has 2 heterocycles. The second kappa shape index (κ2) is 5.67. The molecule has 0 aliphatic carbocycles. The van der Waals surface area contributed by atoms with Gasteiger partial charge in [-0.05, 0) is 22.9 Å². The van der Waals surface area contributed by atoms with Crippen LogP contribution >= 0.6 is 11.8 Å². The summed E-state index contributed by atoms with van der Waals surface area (Å²) in [5.74, 6) is 0.843. The lowest BCUT2D eigenvalue weighted by molar-refractivity contribution is 0.652. The molecule has 0 aromatic carbocycles. The van der Waals surface area contributed by atoms with Gasteiger partial charge in [0.1, 0.15) is 0 Å². The van der Waals surface area contributed by atoms with Crippen molar-refractivity contribution in [3.05, 3.63) is 28.7 Å². The molecular weight excluding hydrogens is 252 g/mol. The minimum absolute atomic E-state index is 0.0328. The van der Waals surface area contributed by atoms with Gasteiger partial charge in [-0.1, -0.05) is 11.8 Å². The van der Waals surface area contributed by atoms with E-state index in [1.165, 1.54) is 6.07 Å². The van der Waals surface area contributed by atoms with Gasteiger partial charge in [0, 0.05) is 37.3 Å². The number of rotatable bonds is 5. The van der Waals surface area contributed by atoms with Gasteiger partial charge < -0.3 is 10.3 Å². The highest BCUT2D eigenvalue weighted by Crippen LogP contribution is 2.13. The molecule has 0 unspecified atom stereocenters. The molecule has 0 aliphatic heterocycles. The highest BCUT2D eigenvalue weighted by atomic mass is 32.2. The average molecular weight is 266 g/mol. The summed E-state index contributed by atoms with van der Waals surface area (Å²) in [6.07, 6.45) is 2.51. The molecule has 0 saturated heterocycles. The molecule has 0 spiro atoms. The van der Waals surface area contributed by atoms with E-state index in [0.717, 1.165) is 17.3 Å². The van der Waals surface area contributed by atoms with E-state index >= 15 is 0 Å². The number of aryl methyl sites for hydroxylation is 2. The largest absolute Gasteiger partial charge is 0.398 e. The van der Waals surface area contributed by atoms with Gasteiger partial charge >= 0.3 is 0 Å². The lowest BCUT2D eigenvalue weighted by Crippen LogP contribution is -2.19. The van der Waals surface area contributed by atoms with Crippen molar-refractivity contribution in [3.8, 4) is 0 Å². The molecule has 0 saturated carbocycles. The molecule has 2 aromatic heterocycles. The molecule has 0 bridgehead atoms. The number of aromatic nitrogens is 5. The Morgan fingerprint density at radius 2 is 2.28 bits per heavy atom. The van der Waals surface area contributed by atoms with Crippen molar-refractivity contribution < 1.29 is 0 Å². The minimum atomic E-state index is -0.0328. The monoisotopic (exact) mass is 266 g/mol. The first kappa shape index (κ1) is 12.6. The summed E-state index contributed by atoms with van der Waals surface area (Å²) in [6, 6.07) is 3.09. The third kappa shape index (κ3) is 3.10. The Bertz CT molecular complexity index is 578. The maximum atomic E-state index is 11.5. The van der Waals surface area contributed by atoms with Crippen LogP contribution in [0.3, 0.4) is 0 Å². The molecule has 0 radical (unpaired) electrons. The first-order valence-electron chi connectivity index (χ1n) is 5.48. The predicted molar refractivity (Wildman–Crippen MR) is 69.3 cm³/mol. The molecular formula is C10H14N6OS. The van der Waals surface area contributed by atoms with Crippen molar-refractivity contribution in [1.82, 2.24) is 24.8 Å². The quantitative estimate of drug-likeness (QED) is 0.611. The summed E-state index contributed by atoms with van der Waals surface area (Å²) < 4.78 is 3.24. The van der Waals surface area contributed by atoms with Crippen LogP contribution in [0.2, 0.25) is 0 Å². The number of hydrogen-bond donors (Lipinski definition) is 1. The highest BCUT2D eigenvalue weighted by Gasteiger charge is 2.02. The van der Waals surface area contributed by atoms with Gasteiger partial charge in [-0.25, -0.2) is 4.68 Å². The molecule has 18 heavy (non-hydrogen) atoms. The number of nitrogens with zero attached hydrogens (tertiary/aromatic N) is 5. The van der Waals surface area contributed by atoms with Gasteiger partial charge in [-0.2, -0.15) is 0 Å². The van der Waals surface area contributed by atoms with Gasteiger partial charge in [-0.15, -0.1) is 5.10 Å². The summed E-state index contributed by atoms with van der Waals surface area (Å²) in [5, 5.41) is 11.9. The van der Waals surface area contributed by atoms with Gasteiger partial charge in [0.15, 0.2) is 0 Å². The summed E-state index contributed by atoms with van der Waals surface area (Å²) in [4.78, 5) is 11.5. The summed E-state index contributed by atoms with van der Waals surface area (Å²) in [5.41, 5.74) is 6.20. The fourth-order valence-electron chi connectivity index (χ4n) is 1.47. The lowest BCUT2D eigenvalue weighted by atomic mass is 10.4. The number of pyridine rings is 1. The van der Waals surface area contributed by atoms with E-state index in [2.05, 4.69) is 15.5 Å². The molecule has 96 valence electrons. The molecule has 0 atom stereocenters. The van der Waals surface area contributed by atoms with Crippen molar-refractivity contribution in [3.63, 3.8) is 0 Å². The first-order valence-corrected chi connectivity index (χ1v) is 6.46. The number of nitrogen functional groups attached to an aromatic ring is 1. The van der Waals surface area contributed by atoms with Crippen LogP contribution in [-0.2, 0) is 13.6 Å². The first-order chi connectivity index (χ1) is 8.66. The van der Waals surface area contributed by atoms with Crippen molar-refractivity contribution in [1.29, 1.82) is 0 Å². The summed E-state index contributed by atoms with van der Waals surface area (Å²) in [7, 11) is 1.80. The second-order valence-corrected chi connectivity index (χ2v) is 4.84. The molecule has 2 aromatic rings. The van der Waals surface area contributed by atoms with Gasteiger partial charge in [0.05, 0.1) is 0 Å². The SMILES string of the molecule is Cn1nnnc1SCCCn1cc(N)ccc1=O. The zero-order chi connectivity index (χ0) is 13.0. The van der Waals surface area contributed by atoms with E-state index in [4.69, 9.17) is 5.73 Å². The van der Waals surface area contributed by atoms with Crippen molar-refractivity contribution in [2.24, 2.45) is 7.05 Å². The molecule has 2 N–H and O–H groups in total. The fourth-order valence-corrected chi connectivity index (χ4v) is 2.24. The van der Waals surface area contributed by atoms with Crippen LogP contribution in [0.4, 0.5) is 5.69 Å². The normalized spacial score (nSPS) is 10.7. The number of thioether (sulfide) groups is 1. The average Bonchev–Trinajstić information content (AvgIpc) is 2.75. The van der Waals surface area contributed by atoms with Crippen molar-refractivity contribution in [2.45, 2.75) is 18.1 Å². The molecule has 8 heteroatoms. The molecule has 0 fully saturated rings. The Labute approximate surface area is 108 Å². The topological polar surface area (TPSA) is 91.6 Å². The highest BCUT2D eigenvalue weighted by molar-refractivity contribution is 7.99. The zero-order valence-corrected chi connectivity index (χ0v) is 10.8. The van der Waals surface area contributed by atoms with Crippen LogP contribution in [-0.4, -0.2) is 30.5 Å². The molecule has 0 aliphatic rings. The van der Waals surface area contributed by atoms with E-state index in [1.807, 2.05) is 0 Å². The Morgan fingerprint density at radius 3 is 3.00 bits per heavy atom. The molecule has 2 rings (SSSR count). The minimum Gasteiger partial charge on any atom is -0.398 e. The predicted octanol–water partition coefficient (Wildman–Crippen LogP) is 0.136. The van der Waals surface area contributed by atoms with Crippen molar-refractivity contribution >= 4 is 17.4 Å². The molecule has 7 nitrogen and oxygen atoms in total. The Hall–Kier alpha value is -1.83. The number of nitrogens with two attached hydrogens (primary N) is 1. The van der Waals surface area contributed by atoms with Gasteiger partial charge in [0.25, 0.3) is 5.56 Å². The van der Waals surface area contributed by atoms with Crippen LogP contribution in [0.15, 0.2) is 28.3 Å². The standard InChI is InChI=1S/C10H14N6OS/c1-15-10(12-13-14-15)18-6-2-5-16-7-8(11)3-4-9(16)17/h3-4,7H,2,5-6,11H2,1H3. The second-order valence-electron chi connectivity index (χ2n) is 3.78. The van der Waals surface area contributed by atoms with Crippen LogP contribution < -0.4 is 11.3 Å². The van der Waals surface area contributed by atoms with Crippen LogP contribution in [0.25, 0.3) is 0 Å². The maximum Gasteiger partial charge on any atom is 0.250 e. The lowest BCUT2D eigenvalue weighted by Gasteiger charge is -2.05. The van der Waals surface area contributed by atoms with Gasteiger partial charge in [0.2, 0.25) is 5.16 Å².